The summed E-state index contributed by atoms with van der Waals surface area (Å²) in [5.41, 5.74) is 1.78. The first-order valence-corrected chi connectivity index (χ1v) is 8.08. The van der Waals surface area contributed by atoms with E-state index in [-0.39, 0.29) is 0 Å². The third-order valence-corrected chi connectivity index (χ3v) is 4.50. The van der Waals surface area contributed by atoms with Crippen LogP contribution in [0.1, 0.15) is 45.6 Å². The number of ether oxygens (including phenoxy) is 2. The Labute approximate surface area is 132 Å². The molecule has 0 saturated heterocycles. The molecule has 0 bridgehead atoms. The van der Waals surface area contributed by atoms with E-state index in [2.05, 4.69) is 25.9 Å². The van der Waals surface area contributed by atoms with Gasteiger partial charge in [-0.15, -0.1) is 0 Å². The average Bonchev–Trinajstić information content (AvgIpc) is 3.25. The molecule has 0 N–H and O–H groups in total. The molecule has 1 aliphatic carbocycles. The highest BCUT2D eigenvalue weighted by Gasteiger charge is 2.37. The predicted octanol–water partition coefficient (Wildman–Crippen LogP) is 4.13. The van der Waals surface area contributed by atoms with Gasteiger partial charge < -0.3 is 14.3 Å². The fraction of sp³-hybridized carbons (Fsp3) is 0.611. The maximum absolute atomic E-state index is 5.95. The molecule has 0 amide bonds. The topological polar surface area (TPSA) is 40.0 Å². The molecule has 22 heavy (non-hydrogen) atoms. The SMILES string of the molecule is COc1ccc(C2(C)CC(C(C)C)=NO2)cc1OCC1CC1. The number of hydrogen-bond acceptors (Lipinski definition) is 4. The Morgan fingerprint density at radius 3 is 2.68 bits per heavy atom. The number of methoxy groups -OCH3 is 1. The van der Waals surface area contributed by atoms with Crippen LogP contribution in [-0.2, 0) is 10.4 Å². The van der Waals surface area contributed by atoms with Crippen molar-refractivity contribution < 1.29 is 14.3 Å². The van der Waals surface area contributed by atoms with Crippen LogP contribution in [-0.4, -0.2) is 19.4 Å². The lowest BCUT2D eigenvalue weighted by atomic mass is 9.88. The van der Waals surface area contributed by atoms with Crippen molar-refractivity contribution in [3.05, 3.63) is 23.8 Å². The summed E-state index contributed by atoms with van der Waals surface area (Å²) in [6.45, 7) is 7.14. The predicted molar refractivity (Wildman–Crippen MR) is 86.5 cm³/mol. The molecule has 1 atom stereocenters. The molecule has 0 aromatic heterocycles. The Bertz CT molecular complexity index is 578. The van der Waals surface area contributed by atoms with Crippen LogP contribution in [0.3, 0.4) is 0 Å². The van der Waals surface area contributed by atoms with Crippen molar-refractivity contribution in [1.29, 1.82) is 0 Å². The van der Waals surface area contributed by atoms with Crippen molar-refractivity contribution in [2.45, 2.75) is 45.6 Å². The highest BCUT2D eigenvalue weighted by molar-refractivity contribution is 5.87. The van der Waals surface area contributed by atoms with Crippen LogP contribution in [0.15, 0.2) is 23.4 Å². The third-order valence-electron chi connectivity index (χ3n) is 4.50. The van der Waals surface area contributed by atoms with E-state index >= 15 is 0 Å². The fourth-order valence-electron chi connectivity index (χ4n) is 2.64. The number of rotatable bonds is 6. The van der Waals surface area contributed by atoms with Gasteiger partial charge in [-0.25, -0.2) is 0 Å². The molecule has 1 fully saturated rings. The van der Waals surface area contributed by atoms with Crippen LogP contribution < -0.4 is 9.47 Å². The lowest BCUT2D eigenvalue weighted by Gasteiger charge is -2.23. The zero-order chi connectivity index (χ0) is 15.7. The molecule has 2 aliphatic rings. The number of benzene rings is 1. The normalized spacial score (nSPS) is 24.1. The molecule has 4 heteroatoms. The monoisotopic (exact) mass is 303 g/mol. The third kappa shape index (κ3) is 3.06. The first kappa shape index (κ1) is 15.2. The standard InChI is InChI=1S/C18H25NO3/c1-12(2)15-10-18(3,22-19-15)14-7-8-16(20-4)17(9-14)21-11-13-5-6-13/h7-9,12-13H,5-6,10-11H2,1-4H3. The van der Waals surface area contributed by atoms with E-state index in [1.54, 1.807) is 7.11 Å². The lowest BCUT2D eigenvalue weighted by molar-refractivity contribution is -0.00759. The highest BCUT2D eigenvalue weighted by Crippen LogP contribution is 2.40. The minimum Gasteiger partial charge on any atom is -0.493 e. The van der Waals surface area contributed by atoms with E-state index < -0.39 is 5.60 Å². The molecule has 1 heterocycles. The Balaban J connectivity index is 1.80. The summed E-state index contributed by atoms with van der Waals surface area (Å²) in [5.74, 6) is 2.69. The Morgan fingerprint density at radius 2 is 2.09 bits per heavy atom. The summed E-state index contributed by atoms with van der Waals surface area (Å²) < 4.78 is 11.4. The van der Waals surface area contributed by atoms with E-state index in [1.807, 2.05) is 18.2 Å². The Hall–Kier alpha value is -1.71. The van der Waals surface area contributed by atoms with Gasteiger partial charge in [-0.05, 0) is 43.7 Å². The zero-order valence-electron chi connectivity index (χ0n) is 13.9. The smallest absolute Gasteiger partial charge is 0.165 e. The van der Waals surface area contributed by atoms with Crippen molar-refractivity contribution >= 4 is 5.71 Å². The summed E-state index contributed by atoms with van der Waals surface area (Å²) >= 11 is 0. The van der Waals surface area contributed by atoms with Gasteiger partial charge in [0.1, 0.15) is 0 Å². The molecule has 4 nitrogen and oxygen atoms in total. The van der Waals surface area contributed by atoms with Crippen molar-refractivity contribution in [3.8, 4) is 11.5 Å². The van der Waals surface area contributed by atoms with Crippen molar-refractivity contribution in [3.63, 3.8) is 0 Å². The molecule has 120 valence electrons. The number of nitrogens with zero attached hydrogens (tertiary/aromatic N) is 1. The van der Waals surface area contributed by atoms with Crippen molar-refractivity contribution in [2.75, 3.05) is 13.7 Å². The minimum absolute atomic E-state index is 0.408. The van der Waals surface area contributed by atoms with Gasteiger partial charge in [0, 0.05) is 12.0 Å². The summed E-state index contributed by atoms with van der Waals surface area (Å²) in [5, 5.41) is 4.27. The molecule has 1 aromatic carbocycles. The molecule has 0 radical (unpaired) electrons. The summed E-state index contributed by atoms with van der Waals surface area (Å²) in [6.07, 6.45) is 3.36. The first-order valence-electron chi connectivity index (χ1n) is 8.08. The summed E-state index contributed by atoms with van der Waals surface area (Å²) in [6, 6.07) is 6.04. The zero-order valence-corrected chi connectivity index (χ0v) is 13.9. The van der Waals surface area contributed by atoms with Gasteiger partial charge in [-0.2, -0.15) is 0 Å². The molecular formula is C18H25NO3. The second kappa shape index (κ2) is 5.82. The van der Waals surface area contributed by atoms with E-state index in [1.165, 1.54) is 12.8 Å². The highest BCUT2D eigenvalue weighted by atomic mass is 16.7. The molecule has 1 unspecified atom stereocenters. The molecule has 3 rings (SSSR count). The minimum atomic E-state index is -0.413. The summed E-state index contributed by atoms with van der Waals surface area (Å²) in [4.78, 5) is 5.76. The number of hydrogen-bond donors (Lipinski definition) is 0. The maximum atomic E-state index is 5.95. The fourth-order valence-corrected chi connectivity index (χ4v) is 2.64. The lowest BCUT2D eigenvalue weighted by Crippen LogP contribution is -2.23. The van der Waals surface area contributed by atoms with Gasteiger partial charge in [0.15, 0.2) is 17.1 Å². The molecule has 1 aromatic rings. The van der Waals surface area contributed by atoms with Crippen LogP contribution in [0.2, 0.25) is 0 Å². The van der Waals surface area contributed by atoms with Crippen LogP contribution in [0.5, 0.6) is 11.5 Å². The first-order chi connectivity index (χ1) is 10.5. The van der Waals surface area contributed by atoms with E-state index in [0.29, 0.717) is 11.8 Å². The van der Waals surface area contributed by atoms with Gasteiger partial charge in [-0.3, -0.25) is 0 Å². The molecule has 1 aliphatic heterocycles. The largest absolute Gasteiger partial charge is 0.493 e. The second-order valence-corrected chi connectivity index (χ2v) is 6.86. The van der Waals surface area contributed by atoms with Crippen molar-refractivity contribution in [2.24, 2.45) is 17.0 Å². The molecule has 1 saturated carbocycles. The van der Waals surface area contributed by atoms with Gasteiger partial charge in [0.25, 0.3) is 0 Å². The van der Waals surface area contributed by atoms with E-state index in [9.17, 15) is 0 Å². The average molecular weight is 303 g/mol. The molecular weight excluding hydrogens is 278 g/mol. The Kier molecular flexibility index (Phi) is 4.02. The van der Waals surface area contributed by atoms with Gasteiger partial charge in [0.2, 0.25) is 0 Å². The molecule has 0 spiro atoms. The van der Waals surface area contributed by atoms with Crippen molar-refractivity contribution in [1.82, 2.24) is 0 Å². The van der Waals surface area contributed by atoms with Crippen LogP contribution in [0.4, 0.5) is 0 Å². The maximum Gasteiger partial charge on any atom is 0.165 e. The Morgan fingerprint density at radius 1 is 1.32 bits per heavy atom. The van der Waals surface area contributed by atoms with Gasteiger partial charge >= 0.3 is 0 Å². The second-order valence-electron chi connectivity index (χ2n) is 6.86. The van der Waals surface area contributed by atoms with E-state index in [4.69, 9.17) is 14.3 Å². The quantitative estimate of drug-likeness (QED) is 0.793. The van der Waals surface area contributed by atoms with E-state index in [0.717, 1.165) is 35.8 Å². The summed E-state index contributed by atoms with van der Waals surface area (Å²) in [7, 11) is 1.67. The van der Waals surface area contributed by atoms with Crippen LogP contribution in [0.25, 0.3) is 0 Å². The van der Waals surface area contributed by atoms with Gasteiger partial charge in [-0.1, -0.05) is 25.1 Å². The number of oxime groups is 1. The van der Waals surface area contributed by atoms with Gasteiger partial charge in [0.05, 0.1) is 19.4 Å². The van der Waals surface area contributed by atoms with Crippen LogP contribution >= 0.6 is 0 Å². The van der Waals surface area contributed by atoms with Crippen LogP contribution in [0, 0.1) is 11.8 Å².